The highest BCUT2D eigenvalue weighted by atomic mass is 35.5. The zero-order valence-corrected chi connectivity index (χ0v) is 18.5. The molecule has 10 heteroatoms. The van der Waals surface area contributed by atoms with Gasteiger partial charge in [0.1, 0.15) is 0 Å². The number of thioether (sulfide) groups is 1. The van der Waals surface area contributed by atoms with E-state index in [0.717, 1.165) is 42.0 Å². The number of rotatable bonds is 5. The van der Waals surface area contributed by atoms with Crippen LogP contribution in [0.25, 0.3) is 5.69 Å². The number of nitrogens with one attached hydrogen (secondary N) is 1. The second-order valence-corrected chi connectivity index (χ2v) is 8.90. The first-order valence-corrected chi connectivity index (χ1v) is 11.5. The summed E-state index contributed by atoms with van der Waals surface area (Å²) in [5.41, 5.74) is 0.397. The second kappa shape index (κ2) is 9.46. The first-order valence-electron chi connectivity index (χ1n) is 9.94. The van der Waals surface area contributed by atoms with Crippen LogP contribution in [0.5, 0.6) is 0 Å². The lowest BCUT2D eigenvalue weighted by atomic mass is 10.1. The van der Waals surface area contributed by atoms with Crippen LogP contribution in [0.2, 0.25) is 5.02 Å². The van der Waals surface area contributed by atoms with E-state index in [1.165, 1.54) is 24.3 Å². The van der Waals surface area contributed by atoms with E-state index in [-0.39, 0.29) is 12.2 Å². The van der Waals surface area contributed by atoms with Crippen molar-refractivity contribution in [3.63, 3.8) is 0 Å². The third kappa shape index (κ3) is 5.05. The maximum Gasteiger partial charge on any atom is 0.434 e. The van der Waals surface area contributed by atoms with Crippen molar-refractivity contribution < 1.29 is 18.0 Å². The van der Waals surface area contributed by atoms with Crippen molar-refractivity contribution in [3.8, 4) is 5.69 Å². The van der Waals surface area contributed by atoms with Gasteiger partial charge in [-0.3, -0.25) is 4.79 Å². The molecule has 0 atom stereocenters. The Morgan fingerprint density at radius 1 is 1.03 bits per heavy atom. The van der Waals surface area contributed by atoms with Gasteiger partial charge in [0.05, 0.1) is 17.4 Å². The first-order chi connectivity index (χ1) is 15.3. The summed E-state index contributed by atoms with van der Waals surface area (Å²) in [6.45, 7) is 2.08. The Labute approximate surface area is 192 Å². The predicted octanol–water partition coefficient (Wildman–Crippen LogP) is 5.03. The van der Waals surface area contributed by atoms with Crippen LogP contribution in [0.4, 0.5) is 18.9 Å². The number of hydrogen-bond donors (Lipinski definition) is 1. The molecule has 2 aromatic carbocycles. The van der Waals surface area contributed by atoms with Gasteiger partial charge in [0, 0.05) is 41.8 Å². The van der Waals surface area contributed by atoms with E-state index in [9.17, 15) is 18.0 Å². The molecule has 0 aliphatic carbocycles. The number of alkyl halides is 3. The number of carbonyl (C=O) groups is 1. The SMILES string of the molecule is O=C(NCc1ccc(N2CCSCC2)cc1)c1cnn(-c2ccc(Cl)cc2)c1C(F)(F)F. The van der Waals surface area contributed by atoms with Crippen LogP contribution in [0.3, 0.4) is 0 Å². The van der Waals surface area contributed by atoms with Crippen LogP contribution < -0.4 is 10.2 Å². The fourth-order valence-corrected chi connectivity index (χ4v) is 4.52. The molecule has 0 saturated carbocycles. The van der Waals surface area contributed by atoms with Gasteiger partial charge in [-0.1, -0.05) is 23.7 Å². The minimum Gasteiger partial charge on any atom is -0.370 e. The van der Waals surface area contributed by atoms with E-state index in [0.29, 0.717) is 9.70 Å². The van der Waals surface area contributed by atoms with Crippen molar-refractivity contribution in [3.05, 3.63) is 76.6 Å². The monoisotopic (exact) mass is 480 g/mol. The van der Waals surface area contributed by atoms with Crippen LogP contribution >= 0.6 is 23.4 Å². The maximum atomic E-state index is 13.8. The zero-order chi connectivity index (χ0) is 22.7. The van der Waals surface area contributed by atoms with E-state index < -0.39 is 23.3 Å². The summed E-state index contributed by atoms with van der Waals surface area (Å²) in [4.78, 5) is 14.9. The van der Waals surface area contributed by atoms with Gasteiger partial charge in [0.25, 0.3) is 5.91 Å². The molecule has 4 rings (SSSR count). The summed E-state index contributed by atoms with van der Waals surface area (Å²) in [5, 5.41) is 6.76. The highest BCUT2D eigenvalue weighted by Crippen LogP contribution is 2.34. The number of hydrogen-bond acceptors (Lipinski definition) is 4. The molecule has 0 bridgehead atoms. The number of halogens is 4. The lowest BCUT2D eigenvalue weighted by Crippen LogP contribution is -2.32. The molecule has 168 valence electrons. The first kappa shape index (κ1) is 22.5. The molecule has 0 spiro atoms. The minimum absolute atomic E-state index is 0.110. The standard InChI is InChI=1S/C22H20ClF3N4OS/c23-16-3-7-18(8-4-16)30-20(22(24,25)26)19(14-28-30)21(31)27-13-15-1-5-17(6-2-15)29-9-11-32-12-10-29/h1-8,14H,9-13H2,(H,27,31). The Kier molecular flexibility index (Phi) is 6.66. The van der Waals surface area contributed by atoms with Crippen molar-refractivity contribution in [2.45, 2.75) is 12.7 Å². The van der Waals surface area contributed by atoms with Gasteiger partial charge < -0.3 is 10.2 Å². The molecule has 0 radical (unpaired) electrons. The van der Waals surface area contributed by atoms with Crippen molar-refractivity contribution in [1.82, 2.24) is 15.1 Å². The largest absolute Gasteiger partial charge is 0.434 e. The van der Waals surface area contributed by atoms with Gasteiger partial charge in [-0.25, -0.2) is 4.68 Å². The number of nitrogens with zero attached hydrogens (tertiary/aromatic N) is 3. The summed E-state index contributed by atoms with van der Waals surface area (Å²) in [6, 6.07) is 13.4. The number of amides is 1. The lowest BCUT2D eigenvalue weighted by molar-refractivity contribution is -0.143. The van der Waals surface area contributed by atoms with Gasteiger partial charge in [-0.15, -0.1) is 0 Å². The van der Waals surface area contributed by atoms with Crippen LogP contribution in [0.15, 0.2) is 54.7 Å². The summed E-state index contributed by atoms with van der Waals surface area (Å²) in [7, 11) is 0. The smallest absolute Gasteiger partial charge is 0.370 e. The molecule has 1 saturated heterocycles. The Morgan fingerprint density at radius 2 is 1.66 bits per heavy atom. The molecular formula is C22H20ClF3N4OS. The van der Waals surface area contributed by atoms with Crippen LogP contribution in [0, 0.1) is 0 Å². The van der Waals surface area contributed by atoms with Crippen molar-refractivity contribution in [1.29, 1.82) is 0 Å². The van der Waals surface area contributed by atoms with E-state index in [4.69, 9.17) is 11.6 Å². The maximum absolute atomic E-state index is 13.8. The average molecular weight is 481 g/mol. The lowest BCUT2D eigenvalue weighted by Gasteiger charge is -2.28. The normalized spacial score (nSPS) is 14.4. The minimum atomic E-state index is -4.77. The molecule has 1 amide bonds. The molecule has 1 aliphatic rings. The Morgan fingerprint density at radius 3 is 2.28 bits per heavy atom. The van der Waals surface area contributed by atoms with Crippen molar-refractivity contribution in [2.24, 2.45) is 0 Å². The molecule has 3 aromatic rings. The molecule has 1 aliphatic heterocycles. The number of anilines is 1. The van der Waals surface area contributed by atoms with Crippen molar-refractivity contribution >= 4 is 35.0 Å². The zero-order valence-electron chi connectivity index (χ0n) is 16.9. The van der Waals surface area contributed by atoms with Gasteiger partial charge in [0.15, 0.2) is 5.69 Å². The molecule has 1 fully saturated rings. The van der Waals surface area contributed by atoms with Gasteiger partial charge >= 0.3 is 6.18 Å². The second-order valence-electron chi connectivity index (χ2n) is 7.24. The average Bonchev–Trinajstić information content (AvgIpc) is 3.25. The van der Waals surface area contributed by atoms with Crippen LogP contribution in [-0.4, -0.2) is 40.3 Å². The highest BCUT2D eigenvalue weighted by molar-refractivity contribution is 7.99. The van der Waals surface area contributed by atoms with E-state index in [1.54, 1.807) is 0 Å². The Bertz CT molecular complexity index is 1080. The fraction of sp³-hybridized carbons (Fsp3) is 0.273. The van der Waals surface area contributed by atoms with Gasteiger partial charge in [-0.05, 0) is 42.0 Å². The van der Waals surface area contributed by atoms with Gasteiger partial charge in [-0.2, -0.15) is 30.0 Å². The molecular weight excluding hydrogens is 461 g/mol. The van der Waals surface area contributed by atoms with E-state index in [1.807, 2.05) is 36.0 Å². The van der Waals surface area contributed by atoms with Crippen molar-refractivity contribution in [2.75, 3.05) is 29.5 Å². The molecule has 2 heterocycles. The molecule has 0 unspecified atom stereocenters. The number of carbonyl (C=O) groups excluding carboxylic acids is 1. The van der Waals surface area contributed by atoms with E-state index in [2.05, 4.69) is 15.3 Å². The van der Waals surface area contributed by atoms with E-state index >= 15 is 0 Å². The summed E-state index contributed by atoms with van der Waals surface area (Å²) < 4.78 is 42.0. The Hall–Kier alpha value is -2.65. The molecule has 1 aromatic heterocycles. The molecule has 1 N–H and O–H groups in total. The van der Waals surface area contributed by atoms with Gasteiger partial charge in [0.2, 0.25) is 0 Å². The molecule has 5 nitrogen and oxygen atoms in total. The predicted molar refractivity (Wildman–Crippen MR) is 121 cm³/mol. The van der Waals surface area contributed by atoms with Crippen LogP contribution in [-0.2, 0) is 12.7 Å². The molecule has 32 heavy (non-hydrogen) atoms. The summed E-state index contributed by atoms with van der Waals surface area (Å²) in [6.07, 6.45) is -3.83. The highest BCUT2D eigenvalue weighted by Gasteiger charge is 2.40. The third-order valence-electron chi connectivity index (χ3n) is 5.12. The fourth-order valence-electron chi connectivity index (χ4n) is 3.49. The topological polar surface area (TPSA) is 50.2 Å². The quantitative estimate of drug-likeness (QED) is 0.556. The summed E-state index contributed by atoms with van der Waals surface area (Å²) in [5.74, 6) is 1.33. The Balaban J connectivity index is 1.49. The number of benzene rings is 2. The van der Waals surface area contributed by atoms with Crippen LogP contribution in [0.1, 0.15) is 21.6 Å². The summed E-state index contributed by atoms with van der Waals surface area (Å²) >= 11 is 7.75. The number of aromatic nitrogens is 2. The third-order valence-corrected chi connectivity index (χ3v) is 6.31.